The maximum atomic E-state index is 7.17. The van der Waals surface area contributed by atoms with Gasteiger partial charge < -0.3 is 9.47 Å². The number of nitrogens with one attached hydrogen (secondary N) is 1. The molecule has 1 aromatic carbocycles. The highest BCUT2D eigenvalue weighted by Gasteiger charge is 2.24. The van der Waals surface area contributed by atoms with Crippen LogP contribution in [-0.4, -0.2) is 32.3 Å². The molecule has 2 rings (SSSR count). The Morgan fingerprint density at radius 2 is 1.82 bits per heavy atom. The Kier molecular flexibility index (Phi) is 3.28. The van der Waals surface area contributed by atoms with Crippen LogP contribution in [0, 0.1) is 5.53 Å². The van der Waals surface area contributed by atoms with E-state index < -0.39 is 0 Å². The van der Waals surface area contributed by atoms with Crippen molar-refractivity contribution in [2.75, 3.05) is 21.3 Å². The van der Waals surface area contributed by atoms with E-state index >= 15 is 0 Å². The fourth-order valence-electron chi connectivity index (χ4n) is 2.17. The molecule has 1 atom stereocenters. The Labute approximate surface area is 101 Å². The zero-order valence-corrected chi connectivity index (χ0v) is 10.4. The smallest absolute Gasteiger partial charge is 0.161 e. The third-order valence-corrected chi connectivity index (χ3v) is 3.19. The molecule has 1 aliphatic heterocycles. The zero-order valence-electron chi connectivity index (χ0n) is 10.4. The molecule has 1 aliphatic rings. The van der Waals surface area contributed by atoms with Crippen molar-refractivity contribution in [3.8, 4) is 11.5 Å². The van der Waals surface area contributed by atoms with Crippen LogP contribution in [-0.2, 0) is 13.0 Å². The zero-order chi connectivity index (χ0) is 12.4. The van der Waals surface area contributed by atoms with Gasteiger partial charge in [0.1, 0.15) is 6.17 Å². The summed E-state index contributed by atoms with van der Waals surface area (Å²) in [6.07, 6.45) is 0.677. The summed E-state index contributed by atoms with van der Waals surface area (Å²) < 4.78 is 10.6. The second-order valence-corrected chi connectivity index (χ2v) is 4.20. The van der Waals surface area contributed by atoms with Crippen LogP contribution in [0.15, 0.2) is 17.2 Å². The molecule has 0 saturated heterocycles. The molecular formula is C12H17N3O2. The van der Waals surface area contributed by atoms with Gasteiger partial charge in [0, 0.05) is 13.0 Å². The van der Waals surface area contributed by atoms with Crippen molar-refractivity contribution in [2.45, 2.75) is 19.1 Å². The van der Waals surface area contributed by atoms with E-state index in [0.29, 0.717) is 0 Å². The van der Waals surface area contributed by atoms with E-state index in [0.717, 1.165) is 24.5 Å². The van der Waals surface area contributed by atoms with E-state index in [1.165, 1.54) is 11.1 Å². The number of benzene rings is 1. The van der Waals surface area contributed by atoms with Gasteiger partial charge in [-0.2, -0.15) is 5.11 Å². The average Bonchev–Trinajstić information content (AvgIpc) is 2.36. The molecule has 0 saturated carbocycles. The lowest BCUT2D eigenvalue weighted by molar-refractivity contribution is 0.211. The highest BCUT2D eigenvalue weighted by Crippen LogP contribution is 2.34. The largest absolute Gasteiger partial charge is 0.493 e. The van der Waals surface area contributed by atoms with Gasteiger partial charge in [0.2, 0.25) is 0 Å². The van der Waals surface area contributed by atoms with E-state index in [-0.39, 0.29) is 6.17 Å². The highest BCUT2D eigenvalue weighted by atomic mass is 16.5. The highest BCUT2D eigenvalue weighted by molar-refractivity contribution is 5.48. The lowest BCUT2D eigenvalue weighted by atomic mass is 9.97. The molecule has 0 fully saturated rings. The van der Waals surface area contributed by atoms with Gasteiger partial charge >= 0.3 is 0 Å². The van der Waals surface area contributed by atoms with Gasteiger partial charge in [-0.1, -0.05) is 0 Å². The number of likely N-dealkylation sites (N-methyl/N-ethyl adjacent to an activating group) is 1. The van der Waals surface area contributed by atoms with Crippen molar-refractivity contribution in [2.24, 2.45) is 5.11 Å². The van der Waals surface area contributed by atoms with E-state index in [1.807, 2.05) is 19.2 Å². The molecular weight excluding hydrogens is 218 g/mol. The van der Waals surface area contributed by atoms with Crippen LogP contribution in [0.1, 0.15) is 11.1 Å². The summed E-state index contributed by atoms with van der Waals surface area (Å²) in [6.45, 7) is 0.780. The average molecular weight is 235 g/mol. The van der Waals surface area contributed by atoms with Gasteiger partial charge in [0.15, 0.2) is 11.5 Å². The fraction of sp³-hybridized carbons (Fsp3) is 0.500. The Morgan fingerprint density at radius 1 is 1.24 bits per heavy atom. The molecule has 92 valence electrons. The van der Waals surface area contributed by atoms with Crippen molar-refractivity contribution in [1.29, 1.82) is 5.53 Å². The SMILES string of the molecule is COc1cc2c(cc1OC)CN(C)C(N=N)C2. The molecule has 1 aromatic rings. The fourth-order valence-corrected chi connectivity index (χ4v) is 2.17. The predicted molar refractivity (Wildman–Crippen MR) is 63.7 cm³/mol. The minimum Gasteiger partial charge on any atom is -0.493 e. The second kappa shape index (κ2) is 4.71. The van der Waals surface area contributed by atoms with Gasteiger partial charge in [0.05, 0.1) is 14.2 Å². The number of methoxy groups -OCH3 is 2. The van der Waals surface area contributed by atoms with E-state index in [1.54, 1.807) is 14.2 Å². The first kappa shape index (κ1) is 11.9. The lowest BCUT2D eigenvalue weighted by Gasteiger charge is -2.30. The standard InChI is InChI=1S/C12H17N3O2/c1-15-7-9-5-11(17-3)10(16-2)4-8(9)6-12(15)14-13/h4-5,12-13H,6-7H2,1-3H3. The van der Waals surface area contributed by atoms with Crippen LogP contribution in [0.2, 0.25) is 0 Å². The molecule has 5 nitrogen and oxygen atoms in total. The second-order valence-electron chi connectivity index (χ2n) is 4.20. The number of hydrogen-bond acceptors (Lipinski definition) is 5. The molecule has 1 N–H and O–H groups in total. The van der Waals surface area contributed by atoms with Crippen molar-refractivity contribution >= 4 is 0 Å². The van der Waals surface area contributed by atoms with E-state index in [2.05, 4.69) is 10.0 Å². The topological polar surface area (TPSA) is 57.9 Å². The van der Waals surface area contributed by atoms with Gasteiger partial charge in [-0.15, -0.1) is 0 Å². The number of hydrogen-bond donors (Lipinski definition) is 1. The molecule has 0 aromatic heterocycles. The summed E-state index contributed by atoms with van der Waals surface area (Å²) in [5, 5.41) is 3.63. The van der Waals surface area contributed by atoms with Crippen molar-refractivity contribution in [1.82, 2.24) is 4.90 Å². The van der Waals surface area contributed by atoms with Crippen LogP contribution in [0.25, 0.3) is 0 Å². The van der Waals surface area contributed by atoms with Gasteiger partial charge in [0.25, 0.3) is 0 Å². The minimum atomic E-state index is -0.0689. The molecule has 5 heteroatoms. The quantitative estimate of drug-likeness (QED) is 0.816. The first-order valence-corrected chi connectivity index (χ1v) is 5.50. The van der Waals surface area contributed by atoms with Gasteiger partial charge in [-0.3, -0.25) is 4.90 Å². The summed E-state index contributed by atoms with van der Waals surface area (Å²) in [7, 11) is 5.24. The monoisotopic (exact) mass is 235 g/mol. The van der Waals surface area contributed by atoms with E-state index in [4.69, 9.17) is 15.0 Å². The van der Waals surface area contributed by atoms with Crippen molar-refractivity contribution < 1.29 is 9.47 Å². The summed E-state index contributed by atoms with van der Waals surface area (Å²) in [6, 6.07) is 3.99. The number of fused-ring (bicyclic) bond motifs is 1. The van der Waals surface area contributed by atoms with Crippen LogP contribution in [0.5, 0.6) is 11.5 Å². The molecule has 0 spiro atoms. The lowest BCUT2D eigenvalue weighted by Crippen LogP contribution is -2.35. The van der Waals surface area contributed by atoms with Crippen LogP contribution in [0.4, 0.5) is 0 Å². The summed E-state index contributed by atoms with van der Waals surface area (Å²) >= 11 is 0. The predicted octanol–water partition coefficient (Wildman–Crippen LogP) is 2.05. The first-order chi connectivity index (χ1) is 8.19. The Hall–Kier alpha value is -1.62. The maximum Gasteiger partial charge on any atom is 0.161 e. The first-order valence-electron chi connectivity index (χ1n) is 5.50. The molecule has 0 bridgehead atoms. The molecule has 1 unspecified atom stereocenters. The van der Waals surface area contributed by atoms with Crippen molar-refractivity contribution in [3.05, 3.63) is 23.3 Å². The summed E-state index contributed by atoms with van der Waals surface area (Å²) in [5.41, 5.74) is 9.57. The van der Waals surface area contributed by atoms with Crippen LogP contribution in [0.3, 0.4) is 0 Å². The number of ether oxygens (including phenoxy) is 2. The molecule has 0 radical (unpaired) electrons. The Balaban J connectivity index is 2.41. The van der Waals surface area contributed by atoms with Gasteiger partial charge in [-0.05, 0) is 30.3 Å². The number of rotatable bonds is 3. The third kappa shape index (κ3) is 2.10. The summed E-state index contributed by atoms with van der Waals surface area (Å²) in [4.78, 5) is 2.06. The van der Waals surface area contributed by atoms with Crippen LogP contribution < -0.4 is 9.47 Å². The molecule has 0 amide bonds. The maximum absolute atomic E-state index is 7.17. The molecule has 1 heterocycles. The summed E-state index contributed by atoms with van der Waals surface area (Å²) in [5.74, 6) is 1.49. The molecule has 0 aliphatic carbocycles. The van der Waals surface area contributed by atoms with Crippen molar-refractivity contribution in [3.63, 3.8) is 0 Å². The van der Waals surface area contributed by atoms with E-state index in [9.17, 15) is 0 Å². The third-order valence-electron chi connectivity index (χ3n) is 3.19. The Bertz CT molecular complexity index is 434. The molecule has 17 heavy (non-hydrogen) atoms. The Morgan fingerprint density at radius 3 is 2.35 bits per heavy atom. The van der Waals surface area contributed by atoms with Crippen LogP contribution >= 0.6 is 0 Å². The minimum absolute atomic E-state index is 0.0689. The normalized spacial score (nSPS) is 19.6. The van der Waals surface area contributed by atoms with Gasteiger partial charge in [-0.25, -0.2) is 5.53 Å². The number of nitrogens with zero attached hydrogens (tertiary/aromatic N) is 2.